The van der Waals surface area contributed by atoms with E-state index >= 15 is 0 Å². The maximum Gasteiger partial charge on any atom is 0.242 e. The molecule has 0 spiro atoms. The van der Waals surface area contributed by atoms with Gasteiger partial charge in [-0.3, -0.25) is 0 Å². The molecule has 2 atom stereocenters. The van der Waals surface area contributed by atoms with Gasteiger partial charge in [0.15, 0.2) is 5.82 Å². The van der Waals surface area contributed by atoms with Crippen molar-refractivity contribution in [1.82, 2.24) is 19.3 Å². The van der Waals surface area contributed by atoms with Crippen LogP contribution < -0.4 is 0 Å². The van der Waals surface area contributed by atoms with Gasteiger partial charge in [0.25, 0.3) is 0 Å². The summed E-state index contributed by atoms with van der Waals surface area (Å²) in [5.74, 6) is 2.18. The number of hydrogen-bond acceptors (Lipinski definition) is 6. The summed E-state index contributed by atoms with van der Waals surface area (Å²) in [6.07, 6.45) is 3.64. The minimum Gasteiger partial charge on any atom is -0.339 e. The number of piperidine rings is 1. The maximum absolute atomic E-state index is 13.3. The van der Waals surface area contributed by atoms with Crippen molar-refractivity contribution in [3.05, 3.63) is 114 Å². The number of nitrogens with zero attached hydrogens (tertiary/aromatic N) is 4. The summed E-state index contributed by atoms with van der Waals surface area (Å²) in [5.41, 5.74) is 2.23. The maximum atomic E-state index is 13.3. The van der Waals surface area contributed by atoms with Crippen molar-refractivity contribution >= 4 is 10.0 Å². The summed E-state index contributed by atoms with van der Waals surface area (Å²) >= 11 is 0. The third-order valence-electron chi connectivity index (χ3n) is 8.64. The van der Waals surface area contributed by atoms with E-state index in [2.05, 4.69) is 46.5 Å². The molecule has 7 nitrogen and oxygen atoms in total. The van der Waals surface area contributed by atoms with Crippen molar-refractivity contribution in [2.45, 2.75) is 41.9 Å². The van der Waals surface area contributed by atoms with Gasteiger partial charge in [0, 0.05) is 37.9 Å². The van der Waals surface area contributed by atoms with Crippen LogP contribution in [0.3, 0.4) is 0 Å². The Kier molecular flexibility index (Phi) is 7.57. The lowest BCUT2D eigenvalue weighted by molar-refractivity contribution is 0.182. The van der Waals surface area contributed by atoms with Crippen molar-refractivity contribution in [2.24, 2.45) is 5.92 Å². The Balaban J connectivity index is 1.09. The van der Waals surface area contributed by atoms with Crippen LogP contribution in [0.4, 0.5) is 0 Å². The van der Waals surface area contributed by atoms with Crippen LogP contribution in [0.1, 0.15) is 48.0 Å². The molecule has 4 aromatic rings. The monoisotopic (exact) mass is 556 g/mol. The summed E-state index contributed by atoms with van der Waals surface area (Å²) in [6, 6.07) is 29.4. The van der Waals surface area contributed by atoms with E-state index in [-0.39, 0.29) is 11.3 Å². The smallest absolute Gasteiger partial charge is 0.242 e. The second-order valence-corrected chi connectivity index (χ2v) is 13.3. The highest BCUT2D eigenvalue weighted by atomic mass is 32.2. The molecule has 0 amide bonds. The molecule has 6 rings (SSSR count). The molecule has 2 unspecified atom stereocenters. The molecule has 2 heterocycles. The van der Waals surface area contributed by atoms with Crippen LogP contribution in [0.2, 0.25) is 0 Å². The molecule has 208 valence electrons. The largest absolute Gasteiger partial charge is 0.339 e. The molecule has 8 heteroatoms. The van der Waals surface area contributed by atoms with Gasteiger partial charge >= 0.3 is 0 Å². The van der Waals surface area contributed by atoms with Gasteiger partial charge in [-0.05, 0) is 61.5 Å². The third-order valence-corrected chi connectivity index (χ3v) is 10.5. The van der Waals surface area contributed by atoms with Crippen LogP contribution in [-0.4, -0.2) is 61.0 Å². The van der Waals surface area contributed by atoms with E-state index in [4.69, 9.17) is 9.51 Å². The van der Waals surface area contributed by atoms with Crippen molar-refractivity contribution in [2.75, 3.05) is 33.2 Å². The van der Waals surface area contributed by atoms with E-state index in [9.17, 15) is 8.42 Å². The van der Waals surface area contributed by atoms with E-state index in [0.717, 1.165) is 50.6 Å². The summed E-state index contributed by atoms with van der Waals surface area (Å²) in [4.78, 5) is 7.58. The van der Waals surface area contributed by atoms with E-state index in [1.807, 2.05) is 30.3 Å². The predicted octanol–water partition coefficient (Wildman–Crippen LogP) is 5.12. The fourth-order valence-electron chi connectivity index (χ4n) is 6.24. The minimum absolute atomic E-state index is 0.173. The average Bonchev–Trinajstić information content (AvgIpc) is 3.47. The fraction of sp³-hybridized carbons (Fsp3) is 0.375. The molecule has 0 N–H and O–H groups in total. The first-order valence-corrected chi connectivity index (χ1v) is 15.5. The second kappa shape index (κ2) is 11.3. The standard InChI is InChI=1S/C32H36N4O3S/c1-35(40(37,38)29-15-9-4-10-16-29)24-32(27-13-7-3-8-14-27)22-28(32)23-36-19-17-26(18-20-36)31-33-30(34-39-31)21-25-11-5-2-6-12-25/h2-16,26,28H,17-24H2,1H3. The van der Waals surface area contributed by atoms with E-state index in [0.29, 0.717) is 23.8 Å². The van der Waals surface area contributed by atoms with Gasteiger partial charge in [0.05, 0.1) is 4.90 Å². The third kappa shape index (κ3) is 5.61. The van der Waals surface area contributed by atoms with E-state index in [1.165, 1.54) is 11.1 Å². The number of aromatic nitrogens is 2. The van der Waals surface area contributed by atoms with Crippen LogP contribution in [0.25, 0.3) is 0 Å². The SMILES string of the molecule is CN(CC1(c2ccccc2)CC1CN1CCC(c2nc(Cc3ccccc3)no2)CC1)S(=O)(=O)c1ccccc1. The first-order chi connectivity index (χ1) is 19.4. The Morgan fingerprint density at radius 1 is 0.925 bits per heavy atom. The molecule has 1 saturated heterocycles. The van der Waals surface area contributed by atoms with Gasteiger partial charge in [0.1, 0.15) is 0 Å². The van der Waals surface area contributed by atoms with Gasteiger partial charge in [-0.1, -0.05) is 84.0 Å². The molecule has 40 heavy (non-hydrogen) atoms. The van der Waals surface area contributed by atoms with E-state index in [1.54, 1.807) is 35.6 Å². The van der Waals surface area contributed by atoms with Crippen LogP contribution in [0.5, 0.6) is 0 Å². The molecule has 0 bridgehead atoms. The zero-order valence-corrected chi connectivity index (χ0v) is 23.7. The molecular weight excluding hydrogens is 520 g/mol. The molecule has 2 fully saturated rings. The topological polar surface area (TPSA) is 79.5 Å². The van der Waals surface area contributed by atoms with Crippen molar-refractivity contribution < 1.29 is 12.9 Å². The number of likely N-dealkylation sites (N-methyl/N-ethyl adjacent to an activating group) is 1. The predicted molar refractivity (Wildman–Crippen MR) is 154 cm³/mol. The van der Waals surface area contributed by atoms with Gasteiger partial charge in [0.2, 0.25) is 15.9 Å². The summed E-state index contributed by atoms with van der Waals surface area (Å²) < 4.78 is 33.9. The molecule has 1 aliphatic carbocycles. The Labute approximate surface area is 236 Å². The van der Waals surface area contributed by atoms with Crippen LogP contribution >= 0.6 is 0 Å². The van der Waals surface area contributed by atoms with Crippen LogP contribution in [0.15, 0.2) is 100 Å². The highest BCUT2D eigenvalue weighted by Gasteiger charge is 2.56. The van der Waals surface area contributed by atoms with Gasteiger partial charge < -0.3 is 9.42 Å². The molecule has 2 aliphatic rings. The van der Waals surface area contributed by atoms with Crippen molar-refractivity contribution in [3.8, 4) is 0 Å². The summed E-state index contributed by atoms with van der Waals surface area (Å²) in [7, 11) is -1.84. The zero-order chi connectivity index (χ0) is 27.6. The van der Waals surface area contributed by atoms with Crippen LogP contribution in [-0.2, 0) is 21.9 Å². The summed E-state index contributed by atoms with van der Waals surface area (Å²) in [6.45, 7) is 3.38. The highest BCUT2D eigenvalue weighted by Crippen LogP contribution is 2.55. The van der Waals surface area contributed by atoms with Gasteiger partial charge in [-0.2, -0.15) is 4.98 Å². The van der Waals surface area contributed by atoms with Gasteiger partial charge in [-0.25, -0.2) is 12.7 Å². The Morgan fingerprint density at radius 2 is 1.55 bits per heavy atom. The lowest BCUT2D eigenvalue weighted by Gasteiger charge is -2.32. The second-order valence-electron chi connectivity index (χ2n) is 11.3. The van der Waals surface area contributed by atoms with E-state index < -0.39 is 10.0 Å². The fourth-order valence-corrected chi connectivity index (χ4v) is 7.50. The number of likely N-dealkylation sites (tertiary alicyclic amines) is 1. The quantitative estimate of drug-likeness (QED) is 0.270. The molecule has 3 aromatic carbocycles. The first kappa shape index (κ1) is 26.9. The molecule has 1 aromatic heterocycles. The Morgan fingerprint density at radius 3 is 2.23 bits per heavy atom. The molecule has 0 radical (unpaired) electrons. The summed E-state index contributed by atoms with van der Waals surface area (Å²) in [5, 5.41) is 4.23. The number of hydrogen-bond donors (Lipinski definition) is 0. The number of sulfonamides is 1. The number of benzene rings is 3. The Bertz CT molecular complexity index is 1500. The van der Waals surface area contributed by atoms with Crippen molar-refractivity contribution in [1.29, 1.82) is 0 Å². The molecular formula is C32H36N4O3S. The minimum atomic E-state index is -3.56. The number of rotatable bonds is 10. The molecule has 1 aliphatic heterocycles. The zero-order valence-electron chi connectivity index (χ0n) is 22.9. The average molecular weight is 557 g/mol. The lowest BCUT2D eigenvalue weighted by atomic mass is 9.92. The van der Waals surface area contributed by atoms with Crippen molar-refractivity contribution in [3.63, 3.8) is 0 Å². The van der Waals surface area contributed by atoms with Crippen LogP contribution in [0, 0.1) is 5.92 Å². The van der Waals surface area contributed by atoms with Gasteiger partial charge in [-0.15, -0.1) is 0 Å². The highest BCUT2D eigenvalue weighted by molar-refractivity contribution is 7.89. The first-order valence-electron chi connectivity index (χ1n) is 14.1. The molecule has 1 saturated carbocycles. The normalized spacial score (nSPS) is 22.0. The lowest BCUT2D eigenvalue weighted by Crippen LogP contribution is -2.39. The Hall–Kier alpha value is -3.33.